The van der Waals surface area contributed by atoms with Gasteiger partial charge in [-0.1, -0.05) is 0 Å². The average molecular weight is 198 g/mol. The van der Waals surface area contributed by atoms with Crippen molar-refractivity contribution < 1.29 is 4.74 Å². The molecule has 0 N–H and O–H groups in total. The smallest absolute Gasteiger partial charge is 0.0936 e. The highest BCUT2D eigenvalue weighted by Crippen LogP contribution is 2.18. The first kappa shape index (κ1) is 10.4. The van der Waals surface area contributed by atoms with E-state index in [0.29, 0.717) is 6.10 Å². The van der Waals surface area contributed by atoms with Crippen LogP contribution in [-0.2, 0) is 4.74 Å². The molecule has 0 aliphatic carbocycles. The second-order valence-corrected chi connectivity index (χ2v) is 4.92. The Balaban J connectivity index is 1.63. The van der Waals surface area contributed by atoms with Crippen LogP contribution in [0.15, 0.2) is 0 Å². The van der Waals surface area contributed by atoms with Crippen molar-refractivity contribution in [3.8, 4) is 0 Å². The summed E-state index contributed by atoms with van der Waals surface area (Å²) >= 11 is 0. The van der Waals surface area contributed by atoms with E-state index < -0.39 is 0 Å². The summed E-state index contributed by atoms with van der Waals surface area (Å²) in [5.41, 5.74) is 0. The Bertz CT molecular complexity index is 174. The Hall–Kier alpha value is -0.120. The van der Waals surface area contributed by atoms with Gasteiger partial charge in [0.25, 0.3) is 0 Å². The Kier molecular flexibility index (Phi) is 3.42. The van der Waals surface area contributed by atoms with Crippen molar-refractivity contribution in [3.63, 3.8) is 0 Å². The van der Waals surface area contributed by atoms with Crippen LogP contribution in [-0.4, -0.2) is 62.8 Å². The molecule has 1 unspecified atom stereocenters. The van der Waals surface area contributed by atoms with Gasteiger partial charge < -0.3 is 14.5 Å². The minimum absolute atomic E-state index is 0.547. The van der Waals surface area contributed by atoms with Crippen LogP contribution in [0.25, 0.3) is 0 Å². The number of likely N-dealkylation sites (tertiary alicyclic amines) is 1. The van der Waals surface area contributed by atoms with Crippen molar-refractivity contribution in [2.24, 2.45) is 5.92 Å². The van der Waals surface area contributed by atoms with Crippen LogP contribution < -0.4 is 0 Å². The summed E-state index contributed by atoms with van der Waals surface area (Å²) in [7, 11) is 4.44. The molecule has 2 saturated heterocycles. The number of hydrogen-bond donors (Lipinski definition) is 0. The fourth-order valence-electron chi connectivity index (χ4n) is 2.28. The third kappa shape index (κ3) is 3.23. The fraction of sp³-hybridized carbons (Fsp3) is 1.00. The average Bonchev–Trinajstić information content (AvgIpc) is 2.93. The fourth-order valence-corrected chi connectivity index (χ4v) is 2.28. The molecule has 0 saturated carbocycles. The molecule has 2 fully saturated rings. The van der Waals surface area contributed by atoms with Crippen molar-refractivity contribution in [1.29, 1.82) is 0 Å². The first-order valence-corrected chi connectivity index (χ1v) is 5.72. The quantitative estimate of drug-likeness (QED) is 0.618. The minimum atomic E-state index is 0.547. The zero-order valence-corrected chi connectivity index (χ0v) is 9.41. The Labute approximate surface area is 87.0 Å². The molecule has 0 aromatic heterocycles. The van der Waals surface area contributed by atoms with Crippen LogP contribution in [0.3, 0.4) is 0 Å². The predicted octanol–water partition coefficient (Wildman–Crippen LogP) is 0.659. The first-order valence-electron chi connectivity index (χ1n) is 5.72. The van der Waals surface area contributed by atoms with Gasteiger partial charge in [0, 0.05) is 13.1 Å². The summed E-state index contributed by atoms with van der Waals surface area (Å²) in [6.07, 6.45) is 3.28. The number of piperidine rings is 1. The van der Waals surface area contributed by atoms with E-state index in [9.17, 15) is 0 Å². The van der Waals surface area contributed by atoms with Gasteiger partial charge in [-0.2, -0.15) is 0 Å². The van der Waals surface area contributed by atoms with Crippen LogP contribution in [0.5, 0.6) is 0 Å². The van der Waals surface area contributed by atoms with Crippen molar-refractivity contribution >= 4 is 0 Å². The van der Waals surface area contributed by atoms with Gasteiger partial charge in [0.2, 0.25) is 0 Å². The summed E-state index contributed by atoms with van der Waals surface area (Å²) in [5, 5.41) is 0. The van der Waals surface area contributed by atoms with Gasteiger partial charge in [-0.05, 0) is 45.9 Å². The van der Waals surface area contributed by atoms with Gasteiger partial charge in [0.1, 0.15) is 0 Å². The molecule has 14 heavy (non-hydrogen) atoms. The van der Waals surface area contributed by atoms with Crippen molar-refractivity contribution in [2.75, 3.05) is 46.9 Å². The standard InChI is InChI=1S/C11H22N2O/c1-12-5-3-10(4-6-12)7-13(2)8-11-9-14-11/h10-11H,3-9H2,1-2H3. The summed E-state index contributed by atoms with van der Waals surface area (Å²) in [6, 6.07) is 0. The highest BCUT2D eigenvalue weighted by molar-refractivity contribution is 4.76. The molecular weight excluding hydrogens is 176 g/mol. The molecule has 82 valence electrons. The topological polar surface area (TPSA) is 19.0 Å². The third-order valence-corrected chi connectivity index (χ3v) is 3.33. The number of rotatable bonds is 4. The molecule has 2 aliphatic rings. The van der Waals surface area contributed by atoms with Gasteiger partial charge in [-0.15, -0.1) is 0 Å². The predicted molar refractivity (Wildman–Crippen MR) is 57.5 cm³/mol. The number of epoxide rings is 1. The molecule has 0 bridgehead atoms. The van der Waals surface area contributed by atoms with E-state index in [2.05, 4.69) is 23.9 Å². The number of ether oxygens (including phenoxy) is 1. The molecule has 0 amide bonds. The minimum Gasteiger partial charge on any atom is -0.372 e. The Morgan fingerprint density at radius 2 is 1.93 bits per heavy atom. The maximum Gasteiger partial charge on any atom is 0.0936 e. The Morgan fingerprint density at radius 1 is 1.29 bits per heavy atom. The molecular formula is C11H22N2O. The van der Waals surface area contributed by atoms with Crippen molar-refractivity contribution in [3.05, 3.63) is 0 Å². The molecule has 1 atom stereocenters. The largest absolute Gasteiger partial charge is 0.372 e. The first-order chi connectivity index (χ1) is 6.74. The summed E-state index contributed by atoms with van der Waals surface area (Å²) in [6.45, 7) is 5.93. The van der Waals surface area contributed by atoms with Crippen molar-refractivity contribution in [1.82, 2.24) is 9.80 Å². The monoisotopic (exact) mass is 198 g/mol. The van der Waals surface area contributed by atoms with Gasteiger partial charge in [0.15, 0.2) is 0 Å². The van der Waals surface area contributed by atoms with Gasteiger partial charge in [-0.3, -0.25) is 0 Å². The number of likely N-dealkylation sites (N-methyl/N-ethyl adjacent to an activating group) is 1. The van der Waals surface area contributed by atoms with Crippen LogP contribution >= 0.6 is 0 Å². The van der Waals surface area contributed by atoms with Gasteiger partial charge in [-0.25, -0.2) is 0 Å². The normalized spacial score (nSPS) is 29.8. The molecule has 0 aromatic rings. The third-order valence-electron chi connectivity index (χ3n) is 3.33. The molecule has 0 aromatic carbocycles. The highest BCUT2D eigenvalue weighted by Gasteiger charge is 2.25. The SMILES string of the molecule is CN1CCC(CN(C)CC2CO2)CC1. The van der Waals surface area contributed by atoms with E-state index in [4.69, 9.17) is 4.74 Å². The van der Waals surface area contributed by atoms with Crippen LogP contribution in [0.2, 0.25) is 0 Å². The lowest BCUT2D eigenvalue weighted by atomic mass is 9.97. The van der Waals surface area contributed by atoms with Crippen LogP contribution in [0.4, 0.5) is 0 Å². The molecule has 3 nitrogen and oxygen atoms in total. The lowest BCUT2D eigenvalue weighted by Crippen LogP contribution is -2.36. The zero-order valence-electron chi connectivity index (χ0n) is 9.41. The molecule has 2 heterocycles. The maximum atomic E-state index is 5.24. The Morgan fingerprint density at radius 3 is 2.50 bits per heavy atom. The summed E-state index contributed by atoms with van der Waals surface area (Å²) in [5.74, 6) is 0.912. The molecule has 2 aliphatic heterocycles. The summed E-state index contributed by atoms with van der Waals surface area (Å²) in [4.78, 5) is 4.87. The molecule has 0 radical (unpaired) electrons. The lowest BCUT2D eigenvalue weighted by Gasteiger charge is -2.31. The molecule has 2 rings (SSSR count). The van der Waals surface area contributed by atoms with E-state index in [1.807, 2.05) is 0 Å². The van der Waals surface area contributed by atoms with E-state index >= 15 is 0 Å². The van der Waals surface area contributed by atoms with Crippen molar-refractivity contribution in [2.45, 2.75) is 18.9 Å². The van der Waals surface area contributed by atoms with E-state index in [0.717, 1.165) is 19.1 Å². The molecule has 0 spiro atoms. The zero-order chi connectivity index (χ0) is 9.97. The van der Waals surface area contributed by atoms with E-state index in [1.54, 1.807) is 0 Å². The number of nitrogens with zero attached hydrogens (tertiary/aromatic N) is 2. The summed E-state index contributed by atoms with van der Waals surface area (Å²) < 4.78 is 5.24. The second-order valence-electron chi connectivity index (χ2n) is 4.92. The van der Waals surface area contributed by atoms with E-state index in [1.165, 1.54) is 32.5 Å². The van der Waals surface area contributed by atoms with Gasteiger partial charge >= 0.3 is 0 Å². The van der Waals surface area contributed by atoms with Gasteiger partial charge in [0.05, 0.1) is 12.7 Å². The van der Waals surface area contributed by atoms with E-state index in [-0.39, 0.29) is 0 Å². The van der Waals surface area contributed by atoms with Crippen LogP contribution in [0, 0.1) is 5.92 Å². The lowest BCUT2D eigenvalue weighted by molar-refractivity contribution is 0.170. The highest BCUT2D eigenvalue weighted by atomic mass is 16.6. The molecule has 3 heteroatoms. The second kappa shape index (κ2) is 4.60. The maximum absolute atomic E-state index is 5.24. The van der Waals surface area contributed by atoms with Crippen LogP contribution in [0.1, 0.15) is 12.8 Å². The number of hydrogen-bond acceptors (Lipinski definition) is 3.